The maximum Gasteiger partial charge on any atom is 0.137 e. The molecule has 0 unspecified atom stereocenters. The lowest BCUT2D eigenvalue weighted by Gasteiger charge is -2.07. The summed E-state index contributed by atoms with van der Waals surface area (Å²) < 4.78 is 1.83. The average molecular weight is 258 g/mol. The van der Waals surface area contributed by atoms with Crippen LogP contribution in [-0.2, 0) is 6.54 Å². The molecule has 4 heteroatoms. The second-order valence-corrected chi connectivity index (χ2v) is 4.78. The third-order valence-corrected chi connectivity index (χ3v) is 3.12. The van der Waals surface area contributed by atoms with E-state index in [2.05, 4.69) is 46.6 Å². The molecule has 4 nitrogen and oxygen atoms in total. The molecule has 0 aliphatic carbocycles. The van der Waals surface area contributed by atoms with Crippen molar-refractivity contribution in [1.82, 2.24) is 14.8 Å². The van der Waals surface area contributed by atoms with Gasteiger partial charge in [0.15, 0.2) is 0 Å². The van der Waals surface area contributed by atoms with Crippen LogP contribution in [0.15, 0.2) is 36.9 Å². The summed E-state index contributed by atoms with van der Waals surface area (Å²) in [6, 6.07) is 8.53. The van der Waals surface area contributed by atoms with Gasteiger partial charge in [-0.3, -0.25) is 0 Å². The number of benzene rings is 1. The van der Waals surface area contributed by atoms with Gasteiger partial charge in [-0.1, -0.05) is 38.3 Å². The van der Waals surface area contributed by atoms with Crippen molar-refractivity contribution in [1.29, 1.82) is 0 Å². The zero-order valence-corrected chi connectivity index (χ0v) is 11.5. The van der Waals surface area contributed by atoms with E-state index in [0.29, 0.717) is 0 Å². The molecule has 1 N–H and O–H groups in total. The highest BCUT2D eigenvalue weighted by Crippen LogP contribution is 2.11. The summed E-state index contributed by atoms with van der Waals surface area (Å²) in [4.78, 5) is 3.94. The number of nitrogens with zero attached hydrogens (tertiary/aromatic N) is 3. The van der Waals surface area contributed by atoms with Crippen molar-refractivity contribution in [2.75, 3.05) is 11.9 Å². The summed E-state index contributed by atoms with van der Waals surface area (Å²) in [5.41, 5.74) is 2.43. The quantitative estimate of drug-likeness (QED) is 0.739. The molecule has 0 saturated carbocycles. The zero-order valence-electron chi connectivity index (χ0n) is 11.5. The van der Waals surface area contributed by atoms with Crippen molar-refractivity contribution in [3.8, 4) is 0 Å². The van der Waals surface area contributed by atoms with Gasteiger partial charge in [0.1, 0.15) is 12.7 Å². The standard InChI is InChI=1S/C15H22N4/c1-2-3-4-5-10-17-15-8-6-14(7-9-15)11-19-13-16-12-18-19/h6-9,12-13,17H,2-5,10-11H2,1H3. The topological polar surface area (TPSA) is 42.7 Å². The van der Waals surface area contributed by atoms with Gasteiger partial charge in [0, 0.05) is 12.2 Å². The lowest BCUT2D eigenvalue weighted by molar-refractivity contribution is 0.683. The fraction of sp³-hybridized carbons (Fsp3) is 0.467. The Balaban J connectivity index is 1.75. The van der Waals surface area contributed by atoms with E-state index in [1.165, 1.54) is 36.9 Å². The predicted molar refractivity (Wildman–Crippen MR) is 78.2 cm³/mol. The molecule has 0 atom stereocenters. The van der Waals surface area contributed by atoms with Crippen LogP contribution >= 0.6 is 0 Å². The van der Waals surface area contributed by atoms with Crippen molar-refractivity contribution < 1.29 is 0 Å². The maximum absolute atomic E-state index is 4.10. The highest BCUT2D eigenvalue weighted by Gasteiger charge is 1.96. The fourth-order valence-electron chi connectivity index (χ4n) is 2.01. The van der Waals surface area contributed by atoms with E-state index in [1.54, 1.807) is 12.7 Å². The van der Waals surface area contributed by atoms with E-state index in [9.17, 15) is 0 Å². The molecule has 0 amide bonds. The molecule has 0 saturated heterocycles. The van der Waals surface area contributed by atoms with Gasteiger partial charge < -0.3 is 5.32 Å². The van der Waals surface area contributed by atoms with Gasteiger partial charge in [0.05, 0.1) is 6.54 Å². The number of aromatic nitrogens is 3. The Morgan fingerprint density at radius 3 is 2.63 bits per heavy atom. The molecule has 2 rings (SSSR count). The van der Waals surface area contributed by atoms with Crippen molar-refractivity contribution in [3.05, 3.63) is 42.5 Å². The van der Waals surface area contributed by atoms with Gasteiger partial charge in [0.2, 0.25) is 0 Å². The van der Waals surface area contributed by atoms with E-state index in [4.69, 9.17) is 0 Å². The van der Waals surface area contributed by atoms with Gasteiger partial charge in [0.25, 0.3) is 0 Å². The van der Waals surface area contributed by atoms with Crippen LogP contribution in [0.4, 0.5) is 5.69 Å². The second kappa shape index (κ2) is 7.56. The summed E-state index contributed by atoms with van der Waals surface area (Å²) >= 11 is 0. The lowest BCUT2D eigenvalue weighted by Crippen LogP contribution is -2.02. The van der Waals surface area contributed by atoms with E-state index >= 15 is 0 Å². The molecule has 0 fully saturated rings. The Morgan fingerprint density at radius 1 is 1.11 bits per heavy atom. The van der Waals surface area contributed by atoms with Gasteiger partial charge >= 0.3 is 0 Å². The summed E-state index contributed by atoms with van der Waals surface area (Å²) in [7, 11) is 0. The van der Waals surface area contributed by atoms with Crippen LogP contribution in [-0.4, -0.2) is 21.3 Å². The van der Waals surface area contributed by atoms with Crippen LogP contribution in [0.3, 0.4) is 0 Å². The first-order valence-electron chi connectivity index (χ1n) is 7.03. The first-order chi connectivity index (χ1) is 9.38. The molecule has 0 bridgehead atoms. The Bertz CT molecular complexity index is 448. The number of rotatable bonds is 8. The molecule has 0 aliphatic rings. The van der Waals surface area contributed by atoms with E-state index in [1.807, 2.05) is 4.68 Å². The summed E-state index contributed by atoms with van der Waals surface area (Å²) in [5.74, 6) is 0. The van der Waals surface area contributed by atoms with Gasteiger partial charge in [-0.2, -0.15) is 5.10 Å². The Kier molecular flexibility index (Phi) is 5.41. The first-order valence-corrected chi connectivity index (χ1v) is 7.03. The Hall–Kier alpha value is -1.84. The normalized spacial score (nSPS) is 10.6. The Labute approximate surface area is 114 Å². The molecule has 19 heavy (non-hydrogen) atoms. The van der Waals surface area contributed by atoms with Crippen LogP contribution in [0.5, 0.6) is 0 Å². The minimum absolute atomic E-state index is 0.775. The van der Waals surface area contributed by atoms with E-state index in [0.717, 1.165) is 13.1 Å². The SMILES string of the molecule is CCCCCCNc1ccc(Cn2cncn2)cc1. The average Bonchev–Trinajstić information content (AvgIpc) is 2.93. The maximum atomic E-state index is 4.10. The van der Waals surface area contributed by atoms with Crippen molar-refractivity contribution in [2.45, 2.75) is 39.2 Å². The van der Waals surface area contributed by atoms with Crippen LogP contribution in [0.1, 0.15) is 38.2 Å². The van der Waals surface area contributed by atoms with Crippen LogP contribution in [0.2, 0.25) is 0 Å². The minimum Gasteiger partial charge on any atom is -0.385 e. The number of nitrogens with one attached hydrogen (secondary N) is 1. The monoisotopic (exact) mass is 258 g/mol. The summed E-state index contributed by atoms with van der Waals surface area (Å²) in [5, 5.41) is 7.56. The third-order valence-electron chi connectivity index (χ3n) is 3.12. The molecule has 102 valence electrons. The van der Waals surface area contributed by atoms with Crippen molar-refractivity contribution in [2.24, 2.45) is 0 Å². The highest BCUT2D eigenvalue weighted by molar-refractivity contribution is 5.44. The highest BCUT2D eigenvalue weighted by atomic mass is 15.3. The fourth-order valence-corrected chi connectivity index (χ4v) is 2.01. The summed E-state index contributed by atoms with van der Waals surface area (Å²) in [6.45, 7) is 4.07. The molecule has 1 heterocycles. The first kappa shape index (κ1) is 13.6. The summed E-state index contributed by atoms with van der Waals surface area (Å²) in [6.07, 6.45) is 8.48. The van der Waals surface area contributed by atoms with Crippen LogP contribution < -0.4 is 5.32 Å². The minimum atomic E-state index is 0.775. The van der Waals surface area contributed by atoms with Crippen LogP contribution in [0, 0.1) is 0 Å². The van der Waals surface area contributed by atoms with Gasteiger partial charge in [-0.05, 0) is 24.1 Å². The largest absolute Gasteiger partial charge is 0.385 e. The number of unbranched alkanes of at least 4 members (excludes halogenated alkanes) is 3. The van der Waals surface area contributed by atoms with E-state index < -0.39 is 0 Å². The second-order valence-electron chi connectivity index (χ2n) is 4.78. The number of anilines is 1. The number of hydrogen-bond acceptors (Lipinski definition) is 3. The van der Waals surface area contributed by atoms with Crippen molar-refractivity contribution in [3.63, 3.8) is 0 Å². The van der Waals surface area contributed by atoms with Crippen LogP contribution in [0.25, 0.3) is 0 Å². The third kappa shape index (κ3) is 4.73. The number of hydrogen-bond donors (Lipinski definition) is 1. The molecule has 1 aromatic carbocycles. The molecule has 2 aromatic rings. The molecule has 0 spiro atoms. The molecule has 0 aliphatic heterocycles. The zero-order chi connectivity index (χ0) is 13.3. The van der Waals surface area contributed by atoms with Gasteiger partial charge in [-0.15, -0.1) is 0 Å². The van der Waals surface area contributed by atoms with Crippen molar-refractivity contribution >= 4 is 5.69 Å². The molecule has 0 radical (unpaired) electrons. The Morgan fingerprint density at radius 2 is 1.95 bits per heavy atom. The predicted octanol–water partition coefficient (Wildman–Crippen LogP) is 3.32. The smallest absolute Gasteiger partial charge is 0.137 e. The lowest BCUT2D eigenvalue weighted by atomic mass is 10.2. The molecular formula is C15H22N4. The molecule has 1 aromatic heterocycles. The molecular weight excluding hydrogens is 236 g/mol. The van der Waals surface area contributed by atoms with E-state index in [-0.39, 0.29) is 0 Å². The van der Waals surface area contributed by atoms with Gasteiger partial charge in [-0.25, -0.2) is 9.67 Å².